The Bertz CT molecular complexity index is 1050. The van der Waals surface area contributed by atoms with Gasteiger partial charge in [0.15, 0.2) is 0 Å². The zero-order valence-corrected chi connectivity index (χ0v) is 17.1. The number of carbonyl (C=O) groups is 3. The molecule has 0 aliphatic carbocycles. The normalized spacial score (nSPS) is 18.1. The van der Waals surface area contributed by atoms with E-state index in [-0.39, 0.29) is 19.1 Å². The lowest BCUT2D eigenvalue weighted by Crippen LogP contribution is -2.49. The van der Waals surface area contributed by atoms with Crippen LogP contribution in [0.4, 0.5) is 10.5 Å². The molecule has 154 valence electrons. The van der Waals surface area contributed by atoms with Crippen molar-refractivity contribution < 1.29 is 19.1 Å². The third kappa shape index (κ3) is 3.54. The minimum atomic E-state index is -0.596. The Hall–Kier alpha value is -3.61. The zero-order chi connectivity index (χ0) is 21.4. The number of esters is 1. The fraction of sp³-hybridized carbons (Fsp3) is 0.261. The summed E-state index contributed by atoms with van der Waals surface area (Å²) in [7, 11) is 0. The van der Waals surface area contributed by atoms with Gasteiger partial charge in [0.1, 0.15) is 13.2 Å². The van der Waals surface area contributed by atoms with Gasteiger partial charge in [-0.2, -0.15) is 0 Å². The van der Waals surface area contributed by atoms with Crippen LogP contribution in [0.2, 0.25) is 0 Å². The van der Waals surface area contributed by atoms with Crippen LogP contribution >= 0.6 is 0 Å². The summed E-state index contributed by atoms with van der Waals surface area (Å²) in [5.74, 6) is -0.821. The molecule has 2 aliphatic rings. The molecule has 3 amide bonds. The van der Waals surface area contributed by atoms with Crippen LogP contribution in [0.25, 0.3) is 0 Å². The quantitative estimate of drug-likeness (QED) is 0.765. The first-order valence-corrected chi connectivity index (χ1v) is 9.76. The third-order valence-electron chi connectivity index (χ3n) is 5.46. The van der Waals surface area contributed by atoms with Crippen molar-refractivity contribution in [1.29, 1.82) is 0 Å². The van der Waals surface area contributed by atoms with Crippen LogP contribution < -0.4 is 10.6 Å². The summed E-state index contributed by atoms with van der Waals surface area (Å²) in [6.07, 6.45) is 0. The van der Waals surface area contributed by atoms with Gasteiger partial charge in [0.25, 0.3) is 0 Å². The van der Waals surface area contributed by atoms with Crippen molar-refractivity contribution in [1.82, 2.24) is 10.2 Å². The van der Waals surface area contributed by atoms with E-state index in [4.69, 9.17) is 4.74 Å². The van der Waals surface area contributed by atoms with E-state index in [1.54, 1.807) is 0 Å². The number of benzene rings is 2. The topological polar surface area (TPSA) is 87.7 Å². The molecule has 0 unspecified atom stereocenters. The highest BCUT2D eigenvalue weighted by Gasteiger charge is 2.42. The van der Waals surface area contributed by atoms with E-state index in [9.17, 15) is 14.4 Å². The second-order valence-corrected chi connectivity index (χ2v) is 7.63. The first-order chi connectivity index (χ1) is 14.3. The van der Waals surface area contributed by atoms with Crippen LogP contribution in [-0.2, 0) is 14.3 Å². The van der Waals surface area contributed by atoms with Crippen LogP contribution in [0.3, 0.4) is 0 Å². The summed E-state index contributed by atoms with van der Waals surface area (Å²) in [6.45, 7) is 5.55. The Balaban J connectivity index is 1.60. The Kier molecular flexibility index (Phi) is 5.03. The zero-order valence-electron chi connectivity index (χ0n) is 17.1. The lowest BCUT2D eigenvalue weighted by atomic mass is 9.95. The summed E-state index contributed by atoms with van der Waals surface area (Å²) in [4.78, 5) is 39.3. The number of carbonyl (C=O) groups excluding carboxylic acids is 3. The first kappa shape index (κ1) is 19.7. The number of nitrogens with zero attached hydrogens (tertiary/aromatic N) is 1. The number of para-hydroxylation sites is 1. The number of amides is 3. The van der Waals surface area contributed by atoms with E-state index >= 15 is 0 Å². The van der Waals surface area contributed by atoms with Gasteiger partial charge in [-0.3, -0.25) is 9.69 Å². The highest BCUT2D eigenvalue weighted by atomic mass is 16.5. The van der Waals surface area contributed by atoms with Crippen molar-refractivity contribution >= 4 is 23.6 Å². The summed E-state index contributed by atoms with van der Waals surface area (Å²) < 4.78 is 5.21. The molecule has 1 atom stereocenters. The maximum atomic E-state index is 12.8. The van der Waals surface area contributed by atoms with Crippen LogP contribution in [0, 0.1) is 20.8 Å². The van der Waals surface area contributed by atoms with Crippen molar-refractivity contribution in [3.63, 3.8) is 0 Å². The average molecular weight is 405 g/mol. The molecule has 0 bridgehead atoms. The SMILES string of the molecule is Cc1ccc([C@@H]2NC(=O)N(CC(=O)Nc3c(C)cccc3C)C3=C2C(=O)OC3)cc1. The second kappa shape index (κ2) is 7.67. The molecular formula is C23H23N3O4. The maximum absolute atomic E-state index is 12.8. The van der Waals surface area contributed by atoms with E-state index < -0.39 is 18.0 Å². The Morgan fingerprint density at radius 3 is 2.43 bits per heavy atom. The van der Waals surface area contributed by atoms with Crippen molar-refractivity contribution in [2.45, 2.75) is 26.8 Å². The molecule has 0 radical (unpaired) electrons. The number of anilines is 1. The fourth-order valence-corrected chi connectivity index (χ4v) is 3.82. The van der Waals surface area contributed by atoms with E-state index in [2.05, 4.69) is 10.6 Å². The molecule has 7 heteroatoms. The van der Waals surface area contributed by atoms with Gasteiger partial charge in [-0.15, -0.1) is 0 Å². The number of rotatable bonds is 4. The second-order valence-electron chi connectivity index (χ2n) is 7.63. The van der Waals surface area contributed by atoms with Crippen LogP contribution in [0.5, 0.6) is 0 Å². The summed E-state index contributed by atoms with van der Waals surface area (Å²) in [5.41, 5.74) is 5.28. The monoisotopic (exact) mass is 405 g/mol. The largest absolute Gasteiger partial charge is 0.456 e. The van der Waals surface area contributed by atoms with Gasteiger partial charge in [0.2, 0.25) is 5.91 Å². The molecular weight excluding hydrogens is 382 g/mol. The highest BCUT2D eigenvalue weighted by Crippen LogP contribution is 2.35. The van der Waals surface area contributed by atoms with Gasteiger partial charge in [-0.1, -0.05) is 48.0 Å². The van der Waals surface area contributed by atoms with E-state index in [1.165, 1.54) is 4.90 Å². The van der Waals surface area contributed by atoms with Crippen molar-refractivity contribution in [2.24, 2.45) is 0 Å². The smallest absolute Gasteiger partial charge is 0.338 e. The van der Waals surface area contributed by atoms with Gasteiger partial charge >= 0.3 is 12.0 Å². The Morgan fingerprint density at radius 2 is 1.77 bits per heavy atom. The van der Waals surface area contributed by atoms with Crippen LogP contribution in [-0.4, -0.2) is 36.0 Å². The molecule has 0 saturated carbocycles. The van der Waals surface area contributed by atoms with Gasteiger partial charge in [-0.25, -0.2) is 9.59 Å². The van der Waals surface area contributed by atoms with Crippen molar-refractivity contribution in [3.05, 3.63) is 76.0 Å². The molecule has 2 aromatic carbocycles. The number of ether oxygens (including phenoxy) is 1. The van der Waals surface area contributed by atoms with E-state index in [0.717, 1.165) is 27.9 Å². The fourth-order valence-electron chi connectivity index (χ4n) is 3.82. The highest BCUT2D eigenvalue weighted by molar-refractivity contribution is 6.00. The molecule has 0 spiro atoms. The first-order valence-electron chi connectivity index (χ1n) is 9.76. The Labute approximate surface area is 174 Å². The van der Waals surface area contributed by atoms with E-state index in [0.29, 0.717) is 11.3 Å². The summed E-state index contributed by atoms with van der Waals surface area (Å²) >= 11 is 0. The van der Waals surface area contributed by atoms with Gasteiger partial charge in [0.05, 0.1) is 17.3 Å². The van der Waals surface area contributed by atoms with Gasteiger partial charge < -0.3 is 15.4 Å². The lowest BCUT2D eigenvalue weighted by molar-refractivity contribution is -0.136. The number of nitrogens with one attached hydrogen (secondary N) is 2. The molecule has 0 saturated heterocycles. The number of hydrogen-bond donors (Lipinski definition) is 2. The van der Waals surface area contributed by atoms with Crippen LogP contribution in [0.1, 0.15) is 28.3 Å². The van der Waals surface area contributed by atoms with E-state index in [1.807, 2.05) is 63.2 Å². The molecule has 30 heavy (non-hydrogen) atoms. The predicted octanol–water partition coefficient (Wildman–Crippen LogP) is 3.13. The molecule has 7 nitrogen and oxygen atoms in total. The Morgan fingerprint density at radius 1 is 1.10 bits per heavy atom. The molecule has 0 aromatic heterocycles. The average Bonchev–Trinajstić information content (AvgIpc) is 3.09. The minimum Gasteiger partial charge on any atom is -0.456 e. The van der Waals surface area contributed by atoms with Gasteiger partial charge in [-0.05, 0) is 37.5 Å². The lowest BCUT2D eigenvalue weighted by Gasteiger charge is -2.32. The predicted molar refractivity (Wildman–Crippen MR) is 112 cm³/mol. The van der Waals surface area contributed by atoms with Crippen molar-refractivity contribution in [3.8, 4) is 0 Å². The molecule has 2 N–H and O–H groups in total. The molecule has 4 rings (SSSR count). The molecule has 0 fully saturated rings. The summed E-state index contributed by atoms with van der Waals surface area (Å²) in [6, 6.07) is 12.3. The number of hydrogen-bond acceptors (Lipinski definition) is 4. The number of urea groups is 1. The molecule has 2 aliphatic heterocycles. The minimum absolute atomic E-state index is 0.0272. The third-order valence-corrected chi connectivity index (χ3v) is 5.46. The van der Waals surface area contributed by atoms with Crippen LogP contribution in [0.15, 0.2) is 53.7 Å². The standard InChI is InChI=1S/C23H23N3O4/c1-13-7-9-16(10-8-13)21-19-17(12-30-22(19)28)26(23(29)25-21)11-18(27)24-20-14(2)5-4-6-15(20)3/h4-10,21H,11-12H2,1-3H3,(H,24,27)(H,25,29)/t21-/m0/s1. The maximum Gasteiger partial charge on any atom is 0.338 e. The molecule has 2 heterocycles. The van der Waals surface area contributed by atoms with Gasteiger partial charge in [0, 0.05) is 5.69 Å². The van der Waals surface area contributed by atoms with Crippen molar-refractivity contribution in [2.75, 3.05) is 18.5 Å². The molecule has 2 aromatic rings. The summed E-state index contributed by atoms with van der Waals surface area (Å²) in [5, 5.41) is 5.72. The number of cyclic esters (lactones) is 1. The number of aryl methyl sites for hydroxylation is 3.